The van der Waals surface area contributed by atoms with E-state index in [1.807, 2.05) is 24.1 Å². The Bertz CT molecular complexity index is 389. The van der Waals surface area contributed by atoms with Crippen molar-refractivity contribution < 1.29 is 9.53 Å². The van der Waals surface area contributed by atoms with E-state index < -0.39 is 0 Å². The number of carbonyl (C=O) groups is 1. The van der Waals surface area contributed by atoms with Crippen LogP contribution >= 0.6 is 0 Å². The second-order valence-electron chi connectivity index (χ2n) is 4.66. The third kappa shape index (κ3) is 4.29. The summed E-state index contributed by atoms with van der Waals surface area (Å²) in [4.78, 5) is 20.1. The molecule has 1 fully saturated rings. The van der Waals surface area contributed by atoms with Crippen molar-refractivity contribution >= 4 is 5.91 Å². The van der Waals surface area contributed by atoms with E-state index >= 15 is 0 Å². The van der Waals surface area contributed by atoms with Crippen molar-refractivity contribution in [2.24, 2.45) is 0 Å². The molecule has 0 bridgehead atoms. The topological polar surface area (TPSA) is 45.7 Å². The van der Waals surface area contributed by atoms with Crippen LogP contribution in [0.1, 0.15) is 12.5 Å². The lowest BCUT2D eigenvalue weighted by Gasteiger charge is -2.34. The molecular formula is C14H21N3O2. The Kier molecular flexibility index (Phi) is 5.30. The highest BCUT2D eigenvalue weighted by atomic mass is 16.5. The zero-order valence-corrected chi connectivity index (χ0v) is 11.4. The first-order chi connectivity index (χ1) is 9.29. The third-order valence-corrected chi connectivity index (χ3v) is 3.28. The molecule has 0 radical (unpaired) electrons. The fraction of sp³-hybridized carbons (Fsp3) is 0.571. The van der Waals surface area contributed by atoms with Gasteiger partial charge in [-0.3, -0.25) is 14.7 Å². The predicted octanol–water partition coefficient (Wildman–Crippen LogP) is 0.762. The first-order valence-electron chi connectivity index (χ1n) is 6.76. The van der Waals surface area contributed by atoms with Crippen LogP contribution in [0.3, 0.4) is 0 Å². The molecule has 2 rings (SSSR count). The molecule has 1 amide bonds. The summed E-state index contributed by atoms with van der Waals surface area (Å²) in [5, 5.41) is 0. The summed E-state index contributed by atoms with van der Waals surface area (Å²) >= 11 is 0. The number of hydrogen-bond donors (Lipinski definition) is 0. The van der Waals surface area contributed by atoms with Gasteiger partial charge in [0.15, 0.2) is 0 Å². The smallest absolute Gasteiger partial charge is 0.248 e. The molecule has 2 heterocycles. The number of piperazine rings is 1. The van der Waals surface area contributed by atoms with E-state index in [0.717, 1.165) is 32.7 Å². The quantitative estimate of drug-likeness (QED) is 0.787. The molecule has 1 aliphatic rings. The van der Waals surface area contributed by atoms with Crippen molar-refractivity contribution in [3.05, 3.63) is 30.1 Å². The molecule has 1 aromatic rings. The number of amides is 1. The van der Waals surface area contributed by atoms with E-state index in [-0.39, 0.29) is 12.5 Å². The Morgan fingerprint density at radius 3 is 2.79 bits per heavy atom. The summed E-state index contributed by atoms with van der Waals surface area (Å²) in [6.45, 7) is 6.99. The van der Waals surface area contributed by atoms with Crippen LogP contribution in [0, 0.1) is 0 Å². The van der Waals surface area contributed by atoms with Crippen LogP contribution < -0.4 is 0 Å². The minimum absolute atomic E-state index is 0.0999. The fourth-order valence-corrected chi connectivity index (χ4v) is 2.19. The van der Waals surface area contributed by atoms with Gasteiger partial charge in [0.2, 0.25) is 5.91 Å². The third-order valence-electron chi connectivity index (χ3n) is 3.28. The molecule has 0 unspecified atom stereocenters. The number of rotatable bonds is 5. The van der Waals surface area contributed by atoms with Gasteiger partial charge in [-0.1, -0.05) is 6.07 Å². The molecule has 1 aromatic heterocycles. The molecular weight excluding hydrogens is 242 g/mol. The molecule has 5 nitrogen and oxygen atoms in total. The fourth-order valence-electron chi connectivity index (χ4n) is 2.19. The number of aromatic nitrogens is 1. The van der Waals surface area contributed by atoms with Crippen LogP contribution in [0.2, 0.25) is 0 Å². The van der Waals surface area contributed by atoms with Crippen molar-refractivity contribution in [1.29, 1.82) is 0 Å². The summed E-state index contributed by atoms with van der Waals surface area (Å²) in [5.74, 6) is 0.0999. The second-order valence-corrected chi connectivity index (χ2v) is 4.66. The summed E-state index contributed by atoms with van der Waals surface area (Å²) in [7, 11) is 0. The van der Waals surface area contributed by atoms with Crippen LogP contribution in [0.15, 0.2) is 24.5 Å². The van der Waals surface area contributed by atoms with Crippen molar-refractivity contribution in [3.63, 3.8) is 0 Å². The van der Waals surface area contributed by atoms with Gasteiger partial charge in [-0.25, -0.2) is 0 Å². The highest BCUT2D eigenvalue weighted by Crippen LogP contribution is 2.07. The van der Waals surface area contributed by atoms with Gasteiger partial charge in [-0.2, -0.15) is 0 Å². The highest BCUT2D eigenvalue weighted by molar-refractivity contribution is 5.77. The molecule has 1 saturated heterocycles. The van der Waals surface area contributed by atoms with E-state index in [2.05, 4.69) is 16.0 Å². The average Bonchev–Trinajstić information content (AvgIpc) is 2.46. The Morgan fingerprint density at radius 2 is 2.16 bits per heavy atom. The van der Waals surface area contributed by atoms with Crippen LogP contribution in [0.4, 0.5) is 0 Å². The van der Waals surface area contributed by atoms with Gasteiger partial charge in [0, 0.05) is 51.7 Å². The molecule has 0 N–H and O–H groups in total. The number of carbonyl (C=O) groups excluding carboxylic acids is 1. The van der Waals surface area contributed by atoms with Crippen LogP contribution in [-0.2, 0) is 16.1 Å². The lowest BCUT2D eigenvalue weighted by Crippen LogP contribution is -2.49. The number of ether oxygens (including phenoxy) is 1. The van der Waals surface area contributed by atoms with Crippen LogP contribution in [0.25, 0.3) is 0 Å². The van der Waals surface area contributed by atoms with Crippen LogP contribution in [0.5, 0.6) is 0 Å². The maximum absolute atomic E-state index is 11.8. The lowest BCUT2D eigenvalue weighted by atomic mass is 10.2. The minimum atomic E-state index is 0.0999. The zero-order valence-electron chi connectivity index (χ0n) is 11.4. The van der Waals surface area contributed by atoms with Crippen molar-refractivity contribution in [2.45, 2.75) is 13.5 Å². The lowest BCUT2D eigenvalue weighted by molar-refractivity contribution is -0.137. The van der Waals surface area contributed by atoms with Crippen molar-refractivity contribution in [1.82, 2.24) is 14.8 Å². The molecule has 5 heteroatoms. The molecule has 0 aromatic carbocycles. The van der Waals surface area contributed by atoms with E-state index in [1.165, 1.54) is 5.56 Å². The summed E-state index contributed by atoms with van der Waals surface area (Å²) in [5.41, 5.74) is 1.22. The summed E-state index contributed by atoms with van der Waals surface area (Å²) in [6, 6.07) is 4.04. The van der Waals surface area contributed by atoms with Crippen molar-refractivity contribution in [2.75, 3.05) is 39.4 Å². The van der Waals surface area contributed by atoms with Gasteiger partial charge < -0.3 is 9.64 Å². The number of hydrogen-bond acceptors (Lipinski definition) is 4. The standard InChI is InChI=1S/C14H21N3O2/c1-2-19-12-14(18)17-8-6-16(7-9-17)11-13-4-3-5-15-10-13/h3-5,10H,2,6-9,11-12H2,1H3. The first-order valence-corrected chi connectivity index (χ1v) is 6.76. The van der Waals surface area contributed by atoms with Gasteiger partial charge >= 0.3 is 0 Å². The van der Waals surface area contributed by atoms with Gasteiger partial charge in [0.1, 0.15) is 6.61 Å². The molecule has 19 heavy (non-hydrogen) atoms. The van der Waals surface area contributed by atoms with E-state index in [9.17, 15) is 4.79 Å². The predicted molar refractivity (Wildman–Crippen MR) is 72.6 cm³/mol. The average molecular weight is 263 g/mol. The Balaban J connectivity index is 1.75. The maximum Gasteiger partial charge on any atom is 0.248 e. The van der Waals surface area contributed by atoms with E-state index in [4.69, 9.17) is 4.74 Å². The van der Waals surface area contributed by atoms with Crippen molar-refractivity contribution in [3.8, 4) is 0 Å². The van der Waals surface area contributed by atoms with Gasteiger partial charge in [-0.05, 0) is 18.6 Å². The van der Waals surface area contributed by atoms with Gasteiger partial charge in [0.25, 0.3) is 0 Å². The van der Waals surface area contributed by atoms with E-state index in [1.54, 1.807) is 6.20 Å². The summed E-state index contributed by atoms with van der Waals surface area (Å²) in [6.07, 6.45) is 3.68. The Morgan fingerprint density at radius 1 is 1.37 bits per heavy atom. The molecule has 104 valence electrons. The van der Waals surface area contributed by atoms with Crippen LogP contribution in [-0.4, -0.2) is 60.1 Å². The normalized spacial score (nSPS) is 16.6. The second kappa shape index (κ2) is 7.21. The Labute approximate surface area is 114 Å². The monoisotopic (exact) mass is 263 g/mol. The minimum Gasteiger partial charge on any atom is -0.372 e. The Hall–Kier alpha value is -1.46. The van der Waals surface area contributed by atoms with E-state index in [0.29, 0.717) is 6.61 Å². The molecule has 1 aliphatic heterocycles. The number of pyridine rings is 1. The molecule has 0 saturated carbocycles. The van der Waals surface area contributed by atoms with Gasteiger partial charge in [0.05, 0.1) is 0 Å². The SMILES string of the molecule is CCOCC(=O)N1CCN(Cc2cccnc2)CC1. The maximum atomic E-state index is 11.8. The zero-order chi connectivity index (χ0) is 13.5. The summed E-state index contributed by atoms with van der Waals surface area (Å²) < 4.78 is 5.16. The first kappa shape index (κ1) is 14.0. The molecule has 0 aliphatic carbocycles. The molecule has 0 spiro atoms. The highest BCUT2D eigenvalue weighted by Gasteiger charge is 2.20. The largest absolute Gasteiger partial charge is 0.372 e. The van der Waals surface area contributed by atoms with Gasteiger partial charge in [-0.15, -0.1) is 0 Å². The molecule has 0 atom stereocenters. The number of nitrogens with zero attached hydrogens (tertiary/aromatic N) is 3.